The number of aliphatic hydroxyl groups is 2. The van der Waals surface area contributed by atoms with Crippen LogP contribution in [-0.2, 0) is 42.7 Å². The summed E-state index contributed by atoms with van der Waals surface area (Å²) in [5.41, 5.74) is 2.22. The van der Waals surface area contributed by atoms with E-state index in [-0.39, 0.29) is 110 Å². The molecule has 51 heavy (non-hydrogen) atoms. The second-order valence-corrected chi connectivity index (χ2v) is 17.5. The van der Waals surface area contributed by atoms with Crippen LogP contribution in [0.4, 0.5) is 0 Å². The summed E-state index contributed by atoms with van der Waals surface area (Å²) >= 11 is 0. The van der Waals surface area contributed by atoms with Gasteiger partial charge in [0.05, 0.1) is 67.6 Å². The van der Waals surface area contributed by atoms with E-state index in [1.54, 1.807) is 0 Å². The Morgan fingerprint density at radius 3 is 2.33 bits per heavy atom. The second kappa shape index (κ2) is 13.8. The summed E-state index contributed by atoms with van der Waals surface area (Å²) < 4.78 is 53.9. The Morgan fingerprint density at radius 2 is 1.49 bits per heavy atom. The highest BCUT2D eigenvalue weighted by molar-refractivity contribution is 5.79. The molecule has 11 nitrogen and oxygen atoms in total. The van der Waals surface area contributed by atoms with Crippen molar-refractivity contribution in [2.24, 2.45) is 17.8 Å². The number of ether oxygens (including phenoxy) is 8. The van der Waals surface area contributed by atoms with Crippen LogP contribution in [0.25, 0.3) is 0 Å². The van der Waals surface area contributed by atoms with E-state index in [2.05, 4.69) is 27.0 Å². The zero-order valence-electron chi connectivity index (χ0n) is 30.3. The van der Waals surface area contributed by atoms with Gasteiger partial charge in [0.15, 0.2) is 5.79 Å². The van der Waals surface area contributed by atoms with Gasteiger partial charge in [0, 0.05) is 38.5 Å². The quantitative estimate of drug-likeness (QED) is 0.410. The largest absolute Gasteiger partial charge is 0.394 e. The first-order valence-electron chi connectivity index (χ1n) is 20.0. The lowest BCUT2D eigenvalue weighted by molar-refractivity contribution is -0.292. The first-order chi connectivity index (χ1) is 24.6. The highest BCUT2D eigenvalue weighted by Crippen LogP contribution is 2.54. The standard InChI is InChI=1S/C40H58O11/c1-19-11-25-5-7-29-20(2)12-27(44-29)9-10-40-17-34-36(50-40)37-38(49-34)39(51-40)35-30(48-37)8-6-26(46-35)13-23(42)14-28-22(4)31(15-24(43)18-41)47-33(28)16-32(45-25)21(19)3/h19,22,24-39,41,43H,2-3,5-18H2,1,4H3/t19-,22-,24-,25?,26?,27+,28-,29+,30+,31-,32-,33+,34-,35+,36+,37+,38-,39+,40+/m1/s1. The van der Waals surface area contributed by atoms with Gasteiger partial charge in [-0.2, -0.15) is 0 Å². The molecule has 284 valence electrons. The Labute approximate surface area is 301 Å². The third kappa shape index (κ3) is 6.53. The monoisotopic (exact) mass is 714 g/mol. The van der Waals surface area contributed by atoms with E-state index in [1.807, 2.05) is 0 Å². The molecule has 2 unspecified atom stereocenters. The zero-order chi connectivity index (χ0) is 35.2. The van der Waals surface area contributed by atoms with Crippen molar-refractivity contribution in [3.63, 3.8) is 0 Å². The molecule has 0 radical (unpaired) electrons. The van der Waals surface area contributed by atoms with E-state index < -0.39 is 11.9 Å². The maximum absolute atomic E-state index is 14.0. The molecule has 0 amide bonds. The molecule has 11 heteroatoms. The van der Waals surface area contributed by atoms with Crippen LogP contribution < -0.4 is 0 Å². The van der Waals surface area contributed by atoms with Gasteiger partial charge in [-0.15, -0.1) is 0 Å². The molecule has 19 atom stereocenters. The molecule has 10 fully saturated rings. The van der Waals surface area contributed by atoms with E-state index in [9.17, 15) is 15.0 Å². The van der Waals surface area contributed by atoms with Crippen molar-refractivity contribution in [2.45, 2.75) is 195 Å². The van der Waals surface area contributed by atoms with Gasteiger partial charge in [0.1, 0.15) is 36.3 Å². The van der Waals surface area contributed by atoms with Gasteiger partial charge in [-0.25, -0.2) is 0 Å². The minimum atomic E-state index is -0.872. The van der Waals surface area contributed by atoms with E-state index in [0.29, 0.717) is 44.4 Å². The fourth-order valence-corrected chi connectivity index (χ4v) is 11.3. The van der Waals surface area contributed by atoms with Gasteiger partial charge < -0.3 is 48.1 Å². The Bertz CT molecular complexity index is 1360. The topological polar surface area (TPSA) is 131 Å². The lowest BCUT2D eigenvalue weighted by Crippen LogP contribution is -2.61. The molecule has 1 spiro atoms. The van der Waals surface area contributed by atoms with Crippen LogP contribution in [0.3, 0.4) is 0 Å². The Hall–Kier alpha value is -1.25. The molecular weight excluding hydrogens is 656 g/mol. The van der Waals surface area contributed by atoms with Crippen molar-refractivity contribution in [3.05, 3.63) is 24.3 Å². The molecule has 10 aliphatic heterocycles. The Balaban J connectivity index is 0.986. The van der Waals surface area contributed by atoms with Crippen molar-refractivity contribution in [2.75, 3.05) is 6.61 Å². The maximum atomic E-state index is 14.0. The number of carbonyl (C=O) groups excluding carboxylic acids is 1. The van der Waals surface area contributed by atoms with Crippen molar-refractivity contribution >= 4 is 5.78 Å². The Kier molecular flexibility index (Phi) is 9.59. The lowest BCUT2D eigenvalue weighted by atomic mass is 9.79. The number of hydrogen-bond acceptors (Lipinski definition) is 11. The molecule has 0 aromatic heterocycles. The molecule has 12 bridgehead atoms. The Morgan fingerprint density at radius 1 is 0.745 bits per heavy atom. The first-order valence-corrected chi connectivity index (χ1v) is 20.0. The third-order valence-electron chi connectivity index (χ3n) is 14.1. The number of aliphatic hydroxyl groups excluding tert-OH is 2. The predicted molar refractivity (Wildman–Crippen MR) is 183 cm³/mol. The van der Waals surface area contributed by atoms with Crippen molar-refractivity contribution in [3.8, 4) is 0 Å². The number of hydrogen-bond donors (Lipinski definition) is 2. The molecule has 10 saturated heterocycles. The fourth-order valence-electron chi connectivity index (χ4n) is 11.3. The van der Waals surface area contributed by atoms with E-state index in [0.717, 1.165) is 56.1 Å². The molecule has 0 aromatic rings. The van der Waals surface area contributed by atoms with E-state index >= 15 is 0 Å². The summed E-state index contributed by atoms with van der Waals surface area (Å²) in [4.78, 5) is 14.0. The second-order valence-electron chi connectivity index (χ2n) is 17.5. The van der Waals surface area contributed by atoms with Crippen LogP contribution in [0.15, 0.2) is 24.3 Å². The van der Waals surface area contributed by atoms with Crippen molar-refractivity contribution < 1.29 is 52.9 Å². The van der Waals surface area contributed by atoms with Crippen molar-refractivity contribution in [1.29, 1.82) is 0 Å². The molecule has 10 rings (SSSR count). The molecule has 10 heterocycles. The molecule has 0 aromatic carbocycles. The zero-order valence-corrected chi connectivity index (χ0v) is 30.3. The van der Waals surface area contributed by atoms with Crippen LogP contribution in [0.1, 0.15) is 97.3 Å². The van der Waals surface area contributed by atoms with Crippen LogP contribution in [0.5, 0.6) is 0 Å². The lowest BCUT2D eigenvalue weighted by Gasteiger charge is -2.47. The van der Waals surface area contributed by atoms with Gasteiger partial charge in [-0.3, -0.25) is 4.79 Å². The molecule has 0 saturated carbocycles. The number of rotatable bonds is 3. The molecule has 0 aliphatic carbocycles. The summed E-state index contributed by atoms with van der Waals surface area (Å²) in [6.45, 7) is 12.9. The van der Waals surface area contributed by atoms with Gasteiger partial charge in [-0.05, 0) is 73.8 Å². The highest BCUT2D eigenvalue weighted by Gasteiger charge is 2.68. The number of fused-ring (bicyclic) bond motifs is 6. The summed E-state index contributed by atoms with van der Waals surface area (Å²) in [6.07, 6.45) is 5.65. The number of ketones is 1. The smallest absolute Gasteiger partial charge is 0.172 e. The van der Waals surface area contributed by atoms with Gasteiger partial charge in [0.2, 0.25) is 0 Å². The summed E-state index contributed by atoms with van der Waals surface area (Å²) in [5, 5.41) is 20.0. The molecular formula is C40H58O11. The summed E-state index contributed by atoms with van der Waals surface area (Å²) in [7, 11) is 0. The van der Waals surface area contributed by atoms with Gasteiger partial charge in [-0.1, -0.05) is 27.0 Å². The average molecular weight is 715 g/mol. The minimum absolute atomic E-state index is 0.00894. The molecule has 10 aliphatic rings. The third-order valence-corrected chi connectivity index (χ3v) is 14.1. The minimum Gasteiger partial charge on any atom is -0.394 e. The number of carbonyl (C=O) groups is 1. The maximum Gasteiger partial charge on any atom is 0.172 e. The normalized spacial score (nSPS) is 53.2. The average Bonchev–Trinajstić information content (AvgIpc) is 3.77. The summed E-state index contributed by atoms with van der Waals surface area (Å²) in [6, 6.07) is 0. The van der Waals surface area contributed by atoms with Gasteiger partial charge in [0.25, 0.3) is 0 Å². The fraction of sp³-hybridized carbons (Fsp3) is 0.875. The predicted octanol–water partition coefficient (Wildman–Crippen LogP) is 4.09. The van der Waals surface area contributed by atoms with Gasteiger partial charge >= 0.3 is 0 Å². The van der Waals surface area contributed by atoms with Crippen LogP contribution in [0.2, 0.25) is 0 Å². The van der Waals surface area contributed by atoms with Crippen molar-refractivity contribution in [1.82, 2.24) is 0 Å². The first kappa shape index (κ1) is 35.5. The van der Waals surface area contributed by atoms with Crippen LogP contribution in [0, 0.1) is 17.8 Å². The van der Waals surface area contributed by atoms with E-state index in [4.69, 9.17) is 37.9 Å². The van der Waals surface area contributed by atoms with E-state index in [1.165, 1.54) is 0 Å². The summed E-state index contributed by atoms with van der Waals surface area (Å²) in [5.74, 6) is -0.367. The van der Waals surface area contributed by atoms with Crippen LogP contribution in [-0.4, -0.2) is 120 Å². The van der Waals surface area contributed by atoms with Crippen LogP contribution >= 0.6 is 0 Å². The number of Topliss-reactive ketones (excluding diaryl/α,β-unsaturated/α-hetero) is 1. The SMILES string of the molecule is C=C1C[C@@H]2CC[C@@]34C[C@H]5O[C@H]6[C@@H](O3)[C@H]3OC(CC[C@@H]3O[C@H]6[C@H]5O4)CC(=O)C[C@@H]3[C@@H](C)[C@@H](C[C@@H](O)CO)O[C@H]3C[C@H]3OC(CC[C@@H]1O2)C[C@@H](C)C3=C. The molecule has 2 N–H and O–H groups in total. The highest BCUT2D eigenvalue weighted by atomic mass is 16.8.